The molecule has 1 N–H and O–H groups in total. The molecule has 0 bridgehead atoms. The molecule has 0 spiro atoms. The second kappa shape index (κ2) is 6.19. The summed E-state index contributed by atoms with van der Waals surface area (Å²) in [6.07, 6.45) is 0.423. The summed E-state index contributed by atoms with van der Waals surface area (Å²) in [5, 5.41) is 8.69. The number of carbonyl (C=O) groups is 1. The van der Waals surface area contributed by atoms with Gasteiger partial charge in [0.1, 0.15) is 11.6 Å². The van der Waals surface area contributed by atoms with Crippen LogP contribution < -0.4 is 4.74 Å². The van der Waals surface area contributed by atoms with Crippen LogP contribution in [0.2, 0.25) is 0 Å². The number of carboxylic acids is 1. The predicted octanol–water partition coefficient (Wildman–Crippen LogP) is 3.52. The molecular formula is C16H15FO3. The van der Waals surface area contributed by atoms with Gasteiger partial charge in [0.05, 0.1) is 7.11 Å². The third-order valence-corrected chi connectivity index (χ3v) is 3.06. The zero-order valence-electron chi connectivity index (χ0n) is 11.1. The van der Waals surface area contributed by atoms with Crippen molar-refractivity contribution in [3.05, 3.63) is 53.8 Å². The third-order valence-electron chi connectivity index (χ3n) is 3.06. The number of carboxylic acid groups (broad SMARTS) is 1. The van der Waals surface area contributed by atoms with Gasteiger partial charge in [0.2, 0.25) is 0 Å². The molecule has 0 aliphatic heterocycles. The first-order valence-corrected chi connectivity index (χ1v) is 6.25. The number of benzene rings is 2. The minimum Gasteiger partial charge on any atom is -0.497 e. The lowest BCUT2D eigenvalue weighted by atomic mass is 10.0. The molecule has 0 atom stereocenters. The number of ether oxygens (including phenoxy) is 1. The second-order valence-corrected chi connectivity index (χ2v) is 4.44. The summed E-state index contributed by atoms with van der Waals surface area (Å²) < 4.78 is 19.0. The largest absolute Gasteiger partial charge is 0.497 e. The van der Waals surface area contributed by atoms with Crippen molar-refractivity contribution >= 4 is 5.97 Å². The minimum atomic E-state index is -0.861. The van der Waals surface area contributed by atoms with Crippen molar-refractivity contribution in [3.63, 3.8) is 0 Å². The van der Waals surface area contributed by atoms with Gasteiger partial charge in [-0.15, -0.1) is 0 Å². The Morgan fingerprint density at radius 2 is 1.90 bits per heavy atom. The van der Waals surface area contributed by atoms with Crippen LogP contribution >= 0.6 is 0 Å². The number of rotatable bonds is 5. The van der Waals surface area contributed by atoms with Crippen molar-refractivity contribution in [3.8, 4) is 16.9 Å². The molecular weight excluding hydrogens is 259 g/mol. The Bertz CT molecular complexity index is 606. The number of methoxy groups -OCH3 is 1. The fraction of sp³-hybridized carbons (Fsp3) is 0.188. The van der Waals surface area contributed by atoms with E-state index in [-0.39, 0.29) is 12.2 Å². The average Bonchev–Trinajstić information content (AvgIpc) is 2.46. The monoisotopic (exact) mass is 274 g/mol. The molecule has 2 rings (SSSR count). The van der Waals surface area contributed by atoms with Crippen LogP contribution in [-0.4, -0.2) is 18.2 Å². The molecule has 20 heavy (non-hydrogen) atoms. The van der Waals surface area contributed by atoms with Crippen LogP contribution in [0, 0.1) is 5.82 Å². The molecule has 0 aliphatic carbocycles. The number of halogens is 1. The molecule has 0 fully saturated rings. The summed E-state index contributed by atoms with van der Waals surface area (Å²) in [6, 6.07) is 11.8. The van der Waals surface area contributed by atoms with Gasteiger partial charge in [-0.2, -0.15) is 0 Å². The van der Waals surface area contributed by atoms with E-state index < -0.39 is 5.97 Å². The highest BCUT2D eigenvalue weighted by Gasteiger charge is 2.08. The average molecular weight is 274 g/mol. The summed E-state index contributed by atoms with van der Waals surface area (Å²) in [5.41, 5.74) is 2.01. The van der Waals surface area contributed by atoms with Gasteiger partial charge in [0, 0.05) is 12.0 Å². The summed E-state index contributed by atoms with van der Waals surface area (Å²) in [7, 11) is 1.57. The first-order valence-electron chi connectivity index (χ1n) is 6.25. The number of hydrogen-bond donors (Lipinski definition) is 1. The van der Waals surface area contributed by atoms with Gasteiger partial charge in [-0.3, -0.25) is 4.79 Å². The Hall–Kier alpha value is -2.36. The van der Waals surface area contributed by atoms with Gasteiger partial charge in [-0.25, -0.2) is 4.39 Å². The van der Waals surface area contributed by atoms with Crippen LogP contribution in [0.4, 0.5) is 4.39 Å². The van der Waals surface area contributed by atoms with Crippen LogP contribution in [0.3, 0.4) is 0 Å². The first kappa shape index (κ1) is 14.1. The minimum absolute atomic E-state index is 0.0354. The van der Waals surface area contributed by atoms with Crippen LogP contribution in [0.1, 0.15) is 12.0 Å². The zero-order chi connectivity index (χ0) is 14.5. The van der Waals surface area contributed by atoms with Crippen molar-refractivity contribution in [1.82, 2.24) is 0 Å². The number of hydrogen-bond acceptors (Lipinski definition) is 2. The van der Waals surface area contributed by atoms with E-state index in [1.165, 1.54) is 6.07 Å². The molecule has 0 amide bonds. The molecule has 0 aliphatic rings. The summed E-state index contributed by atoms with van der Waals surface area (Å²) in [4.78, 5) is 10.6. The highest BCUT2D eigenvalue weighted by Crippen LogP contribution is 2.26. The second-order valence-electron chi connectivity index (χ2n) is 4.44. The van der Waals surface area contributed by atoms with Crippen molar-refractivity contribution in [2.45, 2.75) is 12.8 Å². The molecule has 104 valence electrons. The third kappa shape index (κ3) is 3.35. The van der Waals surface area contributed by atoms with Gasteiger partial charge in [0.25, 0.3) is 0 Å². The number of aliphatic carboxylic acids is 1. The maximum Gasteiger partial charge on any atom is 0.303 e. The van der Waals surface area contributed by atoms with Gasteiger partial charge in [0.15, 0.2) is 0 Å². The Morgan fingerprint density at radius 1 is 1.20 bits per heavy atom. The lowest BCUT2D eigenvalue weighted by Crippen LogP contribution is -1.98. The molecule has 0 heterocycles. The van der Waals surface area contributed by atoms with Crippen molar-refractivity contribution in [2.24, 2.45) is 0 Å². The SMILES string of the molecule is COc1ccc(-c2cc(CCC(=O)O)ccc2F)cc1. The van der Waals surface area contributed by atoms with E-state index in [0.717, 1.165) is 11.1 Å². The first-order chi connectivity index (χ1) is 9.60. The molecule has 0 radical (unpaired) electrons. The molecule has 3 nitrogen and oxygen atoms in total. The van der Waals surface area contributed by atoms with Gasteiger partial charge in [-0.1, -0.05) is 18.2 Å². The molecule has 0 saturated heterocycles. The summed E-state index contributed by atoms with van der Waals surface area (Å²) >= 11 is 0. The molecule has 0 aromatic heterocycles. The highest BCUT2D eigenvalue weighted by atomic mass is 19.1. The van der Waals surface area contributed by atoms with Crippen LogP contribution in [-0.2, 0) is 11.2 Å². The van der Waals surface area contributed by atoms with Crippen molar-refractivity contribution < 1.29 is 19.0 Å². The summed E-state index contributed by atoms with van der Waals surface area (Å²) in [6.45, 7) is 0. The van der Waals surface area contributed by atoms with E-state index in [0.29, 0.717) is 17.7 Å². The van der Waals surface area contributed by atoms with E-state index in [1.54, 1.807) is 43.5 Å². The smallest absolute Gasteiger partial charge is 0.303 e. The Morgan fingerprint density at radius 3 is 2.50 bits per heavy atom. The Labute approximate surface area is 116 Å². The van der Waals surface area contributed by atoms with E-state index in [4.69, 9.17) is 9.84 Å². The van der Waals surface area contributed by atoms with E-state index in [2.05, 4.69) is 0 Å². The maximum atomic E-state index is 13.9. The van der Waals surface area contributed by atoms with Gasteiger partial charge >= 0.3 is 5.97 Å². The van der Waals surface area contributed by atoms with Gasteiger partial charge in [-0.05, 0) is 41.8 Å². The normalized spacial score (nSPS) is 10.3. The molecule has 4 heteroatoms. The predicted molar refractivity (Wildman–Crippen MR) is 74.3 cm³/mol. The lowest BCUT2D eigenvalue weighted by molar-refractivity contribution is -0.136. The lowest BCUT2D eigenvalue weighted by Gasteiger charge is -2.07. The standard InChI is InChI=1S/C16H15FO3/c1-20-13-6-4-12(5-7-13)14-10-11(2-8-15(14)17)3-9-16(18)19/h2,4-8,10H,3,9H2,1H3,(H,18,19). The van der Waals surface area contributed by atoms with Gasteiger partial charge < -0.3 is 9.84 Å². The van der Waals surface area contributed by atoms with Crippen molar-refractivity contribution in [2.75, 3.05) is 7.11 Å². The summed E-state index contributed by atoms with van der Waals surface area (Å²) in [5.74, 6) is -0.481. The molecule has 0 unspecified atom stereocenters. The molecule has 0 saturated carbocycles. The topological polar surface area (TPSA) is 46.5 Å². The van der Waals surface area contributed by atoms with Crippen LogP contribution in [0.15, 0.2) is 42.5 Å². The van der Waals surface area contributed by atoms with E-state index >= 15 is 0 Å². The van der Waals surface area contributed by atoms with Crippen LogP contribution in [0.25, 0.3) is 11.1 Å². The fourth-order valence-electron chi connectivity index (χ4n) is 1.97. The quantitative estimate of drug-likeness (QED) is 0.907. The Kier molecular flexibility index (Phi) is 4.35. The molecule has 2 aromatic rings. The zero-order valence-corrected chi connectivity index (χ0v) is 11.1. The maximum absolute atomic E-state index is 13.9. The highest BCUT2D eigenvalue weighted by molar-refractivity contribution is 5.68. The van der Waals surface area contributed by atoms with E-state index in [1.807, 2.05) is 0 Å². The number of aryl methyl sites for hydroxylation is 1. The fourth-order valence-corrected chi connectivity index (χ4v) is 1.97. The Balaban J connectivity index is 2.29. The van der Waals surface area contributed by atoms with E-state index in [9.17, 15) is 9.18 Å². The van der Waals surface area contributed by atoms with Crippen molar-refractivity contribution in [1.29, 1.82) is 0 Å². The van der Waals surface area contributed by atoms with Crippen LogP contribution in [0.5, 0.6) is 5.75 Å². The molecule has 2 aromatic carbocycles.